The van der Waals surface area contributed by atoms with Gasteiger partial charge in [0.2, 0.25) is 0 Å². The fraction of sp³-hybridized carbons (Fsp3) is 0.125. The largest absolute Gasteiger partial charge is 0.372 e. The van der Waals surface area contributed by atoms with E-state index in [1.807, 2.05) is 0 Å². The first-order valence-electron chi connectivity index (χ1n) is 3.62. The number of pyridine rings is 1. The Morgan fingerprint density at radius 2 is 2.33 bits per heavy atom. The van der Waals surface area contributed by atoms with Crippen LogP contribution in [0.2, 0.25) is 0 Å². The van der Waals surface area contributed by atoms with Crippen molar-refractivity contribution in [1.29, 1.82) is 0 Å². The Bertz CT molecular complexity index is 408. The molecule has 0 saturated carbocycles. The smallest absolute Gasteiger partial charge is 0.148 e. The van der Waals surface area contributed by atoms with E-state index in [1.165, 1.54) is 12.1 Å². The van der Waals surface area contributed by atoms with Crippen molar-refractivity contribution in [2.24, 2.45) is 0 Å². The summed E-state index contributed by atoms with van der Waals surface area (Å²) in [7, 11) is 1.78. The molecule has 2 aromatic heterocycles. The Kier molecular flexibility index (Phi) is 1.46. The highest BCUT2D eigenvalue weighted by Gasteiger charge is 1.99. The SMILES string of the molecule is CNc1cc2cc(F)ccn2n1. The van der Waals surface area contributed by atoms with Gasteiger partial charge in [0.05, 0.1) is 5.52 Å². The summed E-state index contributed by atoms with van der Waals surface area (Å²) >= 11 is 0. The third-order valence-electron chi connectivity index (χ3n) is 1.68. The summed E-state index contributed by atoms with van der Waals surface area (Å²) in [6.07, 6.45) is 1.59. The topological polar surface area (TPSA) is 29.3 Å². The molecule has 0 unspecified atom stereocenters. The highest BCUT2D eigenvalue weighted by Crippen LogP contribution is 2.10. The lowest BCUT2D eigenvalue weighted by Crippen LogP contribution is -1.90. The number of anilines is 1. The molecule has 2 aromatic rings. The first-order chi connectivity index (χ1) is 5.79. The van der Waals surface area contributed by atoms with Crippen molar-refractivity contribution in [2.45, 2.75) is 0 Å². The number of rotatable bonds is 1. The van der Waals surface area contributed by atoms with Gasteiger partial charge in [-0.3, -0.25) is 0 Å². The van der Waals surface area contributed by atoms with Crippen LogP contribution in [0.4, 0.5) is 10.2 Å². The molecule has 0 radical (unpaired) electrons. The summed E-state index contributed by atoms with van der Waals surface area (Å²) in [4.78, 5) is 0. The predicted molar refractivity (Wildman–Crippen MR) is 44.7 cm³/mol. The number of hydrogen-bond acceptors (Lipinski definition) is 2. The first-order valence-corrected chi connectivity index (χ1v) is 3.62. The van der Waals surface area contributed by atoms with Crippen molar-refractivity contribution < 1.29 is 4.39 Å². The molecular formula is C8H8FN3. The van der Waals surface area contributed by atoms with Gasteiger partial charge in [-0.15, -0.1) is 0 Å². The molecule has 0 fully saturated rings. The Labute approximate surface area is 68.8 Å². The molecule has 2 rings (SSSR count). The molecule has 0 spiro atoms. The number of nitrogens with zero attached hydrogens (tertiary/aromatic N) is 2. The summed E-state index contributed by atoms with van der Waals surface area (Å²) in [5.74, 6) is 0.491. The van der Waals surface area contributed by atoms with Gasteiger partial charge in [0, 0.05) is 19.3 Å². The molecule has 2 heterocycles. The molecule has 0 aliphatic carbocycles. The summed E-state index contributed by atoms with van der Waals surface area (Å²) in [5.41, 5.74) is 0.749. The lowest BCUT2D eigenvalue weighted by Gasteiger charge is -1.90. The van der Waals surface area contributed by atoms with Crippen LogP contribution in [0.5, 0.6) is 0 Å². The van der Waals surface area contributed by atoms with E-state index in [-0.39, 0.29) is 5.82 Å². The van der Waals surface area contributed by atoms with Crippen molar-refractivity contribution in [1.82, 2.24) is 9.61 Å². The Morgan fingerprint density at radius 3 is 3.08 bits per heavy atom. The van der Waals surface area contributed by atoms with Gasteiger partial charge in [0.15, 0.2) is 0 Å². The van der Waals surface area contributed by atoms with Crippen LogP contribution < -0.4 is 5.32 Å². The molecule has 12 heavy (non-hydrogen) atoms. The molecular weight excluding hydrogens is 157 g/mol. The Morgan fingerprint density at radius 1 is 1.50 bits per heavy atom. The molecule has 3 nitrogen and oxygen atoms in total. The number of hydrogen-bond donors (Lipinski definition) is 1. The second-order valence-electron chi connectivity index (χ2n) is 2.49. The zero-order valence-corrected chi connectivity index (χ0v) is 6.58. The predicted octanol–water partition coefficient (Wildman–Crippen LogP) is 1.52. The van der Waals surface area contributed by atoms with Crippen molar-refractivity contribution in [3.8, 4) is 0 Å². The minimum atomic E-state index is -0.245. The summed E-state index contributed by atoms with van der Waals surface area (Å²) < 4.78 is 14.3. The van der Waals surface area contributed by atoms with Gasteiger partial charge in [0.25, 0.3) is 0 Å². The quantitative estimate of drug-likeness (QED) is 0.694. The number of nitrogens with one attached hydrogen (secondary N) is 1. The van der Waals surface area contributed by atoms with Gasteiger partial charge in [-0.05, 0) is 12.1 Å². The molecule has 0 aliphatic heterocycles. The van der Waals surface area contributed by atoms with Crippen LogP contribution in [0.15, 0.2) is 24.4 Å². The minimum absolute atomic E-state index is 0.245. The van der Waals surface area contributed by atoms with Crippen LogP contribution in [0, 0.1) is 5.82 Å². The van der Waals surface area contributed by atoms with Crippen molar-refractivity contribution in [2.75, 3.05) is 12.4 Å². The minimum Gasteiger partial charge on any atom is -0.372 e. The molecule has 62 valence electrons. The lowest BCUT2D eigenvalue weighted by molar-refractivity contribution is 0.625. The molecule has 0 aliphatic rings. The van der Waals surface area contributed by atoms with E-state index in [4.69, 9.17) is 0 Å². The molecule has 1 N–H and O–H groups in total. The maximum absolute atomic E-state index is 12.7. The summed E-state index contributed by atoms with van der Waals surface area (Å²) in [6.45, 7) is 0. The standard InChI is InChI=1S/C8H8FN3/c1-10-8-5-7-4-6(9)2-3-12(7)11-8/h2-5H,1H3,(H,10,11). The van der Waals surface area contributed by atoms with Crippen molar-refractivity contribution in [3.05, 3.63) is 30.2 Å². The van der Waals surface area contributed by atoms with Gasteiger partial charge >= 0.3 is 0 Å². The van der Waals surface area contributed by atoms with E-state index in [0.29, 0.717) is 0 Å². The third kappa shape index (κ3) is 1.01. The fourth-order valence-corrected chi connectivity index (χ4v) is 1.09. The average Bonchev–Trinajstić information content (AvgIpc) is 2.46. The van der Waals surface area contributed by atoms with Gasteiger partial charge < -0.3 is 5.32 Å². The Balaban J connectivity index is 2.67. The maximum atomic E-state index is 12.7. The molecule has 0 amide bonds. The molecule has 0 atom stereocenters. The lowest BCUT2D eigenvalue weighted by atomic mass is 10.4. The van der Waals surface area contributed by atoms with Crippen LogP contribution in [-0.2, 0) is 0 Å². The number of aromatic nitrogens is 2. The third-order valence-corrected chi connectivity index (χ3v) is 1.68. The van der Waals surface area contributed by atoms with Gasteiger partial charge in [-0.1, -0.05) is 0 Å². The highest BCUT2D eigenvalue weighted by molar-refractivity contribution is 5.55. The highest BCUT2D eigenvalue weighted by atomic mass is 19.1. The summed E-state index contributed by atoms with van der Waals surface area (Å²) in [6, 6.07) is 4.59. The average molecular weight is 165 g/mol. The molecule has 4 heteroatoms. The Hall–Kier alpha value is -1.58. The number of fused-ring (bicyclic) bond motifs is 1. The molecule has 0 saturated heterocycles. The first kappa shape index (κ1) is 7.09. The van der Waals surface area contributed by atoms with E-state index in [0.717, 1.165) is 11.3 Å². The van der Waals surface area contributed by atoms with E-state index in [9.17, 15) is 4.39 Å². The molecule has 0 bridgehead atoms. The zero-order valence-electron chi connectivity index (χ0n) is 6.58. The zero-order chi connectivity index (χ0) is 8.55. The number of halogens is 1. The van der Waals surface area contributed by atoms with Crippen LogP contribution in [0.25, 0.3) is 5.52 Å². The fourth-order valence-electron chi connectivity index (χ4n) is 1.09. The van der Waals surface area contributed by atoms with Gasteiger partial charge in [-0.25, -0.2) is 8.91 Å². The van der Waals surface area contributed by atoms with E-state index in [1.54, 1.807) is 23.8 Å². The van der Waals surface area contributed by atoms with Crippen LogP contribution >= 0.6 is 0 Å². The van der Waals surface area contributed by atoms with E-state index < -0.39 is 0 Å². The van der Waals surface area contributed by atoms with Crippen molar-refractivity contribution >= 4 is 11.3 Å². The van der Waals surface area contributed by atoms with Gasteiger partial charge in [0.1, 0.15) is 11.6 Å². The molecule has 0 aromatic carbocycles. The van der Waals surface area contributed by atoms with Crippen LogP contribution in [0.1, 0.15) is 0 Å². The summed E-state index contributed by atoms with van der Waals surface area (Å²) in [5, 5.41) is 6.99. The second kappa shape index (κ2) is 2.48. The van der Waals surface area contributed by atoms with E-state index in [2.05, 4.69) is 10.4 Å². The van der Waals surface area contributed by atoms with Crippen molar-refractivity contribution in [3.63, 3.8) is 0 Å². The normalized spacial score (nSPS) is 10.5. The van der Waals surface area contributed by atoms with Crippen LogP contribution in [-0.4, -0.2) is 16.7 Å². The second-order valence-corrected chi connectivity index (χ2v) is 2.49. The van der Waals surface area contributed by atoms with Gasteiger partial charge in [-0.2, -0.15) is 5.10 Å². The van der Waals surface area contributed by atoms with E-state index >= 15 is 0 Å². The monoisotopic (exact) mass is 165 g/mol. The maximum Gasteiger partial charge on any atom is 0.148 e. The van der Waals surface area contributed by atoms with Crippen LogP contribution in [0.3, 0.4) is 0 Å².